The standard InChI is InChI=1S/C15H16ClN5OS/c1-9-6-11(8-17)19-15-13(14(18-2)20-21(9)15)23(22)12-5-3-4-10(16)7-12/h3-7H,8,17H2,1-2H3,(H,18,20). The van der Waals surface area contributed by atoms with Gasteiger partial charge in [-0.25, -0.2) is 9.50 Å². The number of aryl methyl sites for hydroxylation is 1. The number of anilines is 1. The van der Waals surface area contributed by atoms with Crippen LogP contribution in [0.5, 0.6) is 0 Å². The van der Waals surface area contributed by atoms with E-state index in [1.165, 1.54) is 0 Å². The van der Waals surface area contributed by atoms with E-state index in [1.54, 1.807) is 35.8 Å². The van der Waals surface area contributed by atoms with Crippen LogP contribution in [0.4, 0.5) is 5.82 Å². The third-order valence-corrected chi connectivity index (χ3v) is 5.08. The second-order valence-corrected chi connectivity index (χ2v) is 6.84. The molecule has 0 bridgehead atoms. The maximum atomic E-state index is 13.1. The smallest absolute Gasteiger partial charge is 0.247 e. The minimum absolute atomic E-state index is 0.306. The van der Waals surface area contributed by atoms with Gasteiger partial charge in [0.15, 0.2) is 4.90 Å². The van der Waals surface area contributed by atoms with Crippen LogP contribution < -0.4 is 11.1 Å². The zero-order valence-corrected chi connectivity index (χ0v) is 14.3. The van der Waals surface area contributed by atoms with Crippen LogP contribution in [0.2, 0.25) is 5.02 Å². The van der Waals surface area contributed by atoms with Crippen molar-refractivity contribution in [1.82, 2.24) is 14.6 Å². The van der Waals surface area contributed by atoms with Crippen molar-refractivity contribution in [1.29, 1.82) is 0 Å². The van der Waals surface area contributed by atoms with Gasteiger partial charge in [-0.3, -0.25) is 0 Å². The second-order valence-electron chi connectivity index (χ2n) is 4.98. The van der Waals surface area contributed by atoms with Gasteiger partial charge in [0.2, 0.25) is 16.4 Å². The van der Waals surface area contributed by atoms with Gasteiger partial charge in [0.25, 0.3) is 0 Å². The molecule has 1 unspecified atom stereocenters. The average molecular weight is 350 g/mol. The summed E-state index contributed by atoms with van der Waals surface area (Å²) in [6.07, 6.45) is 0. The second kappa shape index (κ2) is 6.37. The van der Waals surface area contributed by atoms with Crippen molar-refractivity contribution in [3.05, 3.63) is 46.7 Å². The van der Waals surface area contributed by atoms with Crippen LogP contribution in [0.1, 0.15) is 11.4 Å². The number of fused-ring (bicyclic) bond motifs is 1. The summed E-state index contributed by atoms with van der Waals surface area (Å²) in [5.74, 6) is 0.521. The van der Waals surface area contributed by atoms with E-state index in [0.717, 1.165) is 11.4 Å². The summed E-state index contributed by atoms with van der Waals surface area (Å²) in [7, 11) is 1.74. The van der Waals surface area contributed by atoms with Crippen molar-refractivity contribution in [3.8, 4) is 0 Å². The Morgan fingerprint density at radius 1 is 1.39 bits per heavy atom. The van der Waals surface area contributed by atoms with Gasteiger partial charge < -0.3 is 15.6 Å². The monoisotopic (exact) mass is 349 g/mol. The summed E-state index contributed by atoms with van der Waals surface area (Å²) in [6.45, 7) is 2.22. The quantitative estimate of drug-likeness (QED) is 0.705. The minimum Gasteiger partial charge on any atom is -0.606 e. The fraction of sp³-hybridized carbons (Fsp3) is 0.200. The van der Waals surface area contributed by atoms with Gasteiger partial charge in [-0.1, -0.05) is 17.7 Å². The van der Waals surface area contributed by atoms with E-state index in [1.807, 2.05) is 13.0 Å². The Bertz CT molecular complexity index is 866. The molecule has 3 rings (SSSR count). The van der Waals surface area contributed by atoms with Gasteiger partial charge in [0.1, 0.15) is 0 Å². The highest BCUT2D eigenvalue weighted by Gasteiger charge is 2.28. The molecule has 6 nitrogen and oxygen atoms in total. The zero-order chi connectivity index (χ0) is 16.6. The Balaban J connectivity index is 2.24. The largest absolute Gasteiger partial charge is 0.606 e. The highest BCUT2D eigenvalue weighted by molar-refractivity contribution is 7.91. The summed E-state index contributed by atoms with van der Waals surface area (Å²) in [5.41, 5.74) is 7.84. The number of aromatic nitrogens is 3. The van der Waals surface area contributed by atoms with Crippen molar-refractivity contribution >= 4 is 34.2 Å². The molecule has 3 N–H and O–H groups in total. The summed E-state index contributed by atoms with van der Waals surface area (Å²) >= 11 is 4.55. The van der Waals surface area contributed by atoms with Crippen LogP contribution in [-0.2, 0) is 17.7 Å². The molecule has 0 spiro atoms. The number of hydrogen-bond acceptors (Lipinski definition) is 5. The Labute approximate surface area is 141 Å². The lowest BCUT2D eigenvalue weighted by molar-refractivity contribution is 0.596. The Kier molecular flexibility index (Phi) is 4.45. The van der Waals surface area contributed by atoms with Crippen molar-refractivity contribution in [2.45, 2.75) is 23.3 Å². The number of benzene rings is 1. The fourth-order valence-electron chi connectivity index (χ4n) is 2.35. The predicted molar refractivity (Wildman–Crippen MR) is 91.3 cm³/mol. The van der Waals surface area contributed by atoms with E-state index in [-0.39, 0.29) is 0 Å². The van der Waals surface area contributed by atoms with Crippen LogP contribution in [-0.4, -0.2) is 26.2 Å². The Morgan fingerprint density at radius 2 is 2.17 bits per heavy atom. The summed E-state index contributed by atoms with van der Waals surface area (Å²) in [5, 5.41) is 7.97. The highest BCUT2D eigenvalue weighted by atomic mass is 35.5. The van der Waals surface area contributed by atoms with E-state index in [9.17, 15) is 4.55 Å². The van der Waals surface area contributed by atoms with E-state index >= 15 is 0 Å². The lowest BCUT2D eigenvalue weighted by atomic mass is 10.3. The number of nitrogens with one attached hydrogen (secondary N) is 1. The highest BCUT2D eigenvalue weighted by Crippen LogP contribution is 2.31. The minimum atomic E-state index is -1.46. The van der Waals surface area contributed by atoms with Crippen LogP contribution in [0, 0.1) is 6.92 Å². The molecule has 0 aliphatic heterocycles. The van der Waals surface area contributed by atoms with Gasteiger partial charge in [-0.2, -0.15) is 0 Å². The number of rotatable bonds is 4. The van der Waals surface area contributed by atoms with Crippen LogP contribution >= 0.6 is 11.6 Å². The first kappa shape index (κ1) is 16.1. The molecule has 2 aromatic heterocycles. The number of nitrogens with zero attached hydrogens (tertiary/aromatic N) is 3. The molecule has 0 aliphatic rings. The normalized spacial score (nSPS) is 12.6. The van der Waals surface area contributed by atoms with Gasteiger partial charge in [-0.15, -0.1) is 5.10 Å². The van der Waals surface area contributed by atoms with Gasteiger partial charge in [0.05, 0.1) is 5.69 Å². The maximum Gasteiger partial charge on any atom is 0.247 e. The topological polar surface area (TPSA) is 91.3 Å². The molecule has 120 valence electrons. The molecule has 0 aliphatic carbocycles. The molecule has 0 fully saturated rings. The summed E-state index contributed by atoms with van der Waals surface area (Å²) < 4.78 is 14.7. The maximum absolute atomic E-state index is 13.1. The fourth-order valence-corrected chi connectivity index (χ4v) is 3.89. The number of halogens is 1. The molecule has 8 heteroatoms. The first-order valence-corrected chi connectivity index (χ1v) is 8.52. The van der Waals surface area contributed by atoms with Crippen molar-refractivity contribution < 1.29 is 4.55 Å². The third kappa shape index (κ3) is 2.88. The molecular formula is C15H16ClN5OS. The van der Waals surface area contributed by atoms with Crippen LogP contribution in [0.25, 0.3) is 5.65 Å². The van der Waals surface area contributed by atoms with Crippen LogP contribution in [0.3, 0.4) is 0 Å². The van der Waals surface area contributed by atoms with Crippen molar-refractivity contribution in [2.24, 2.45) is 5.73 Å². The van der Waals surface area contributed by atoms with Gasteiger partial charge >= 0.3 is 0 Å². The molecular weight excluding hydrogens is 334 g/mol. The SMILES string of the molecule is CNc1nn2c(C)cc(CN)nc2c1[S+]([O-])c1cccc(Cl)c1. The zero-order valence-electron chi connectivity index (χ0n) is 12.7. The van der Waals surface area contributed by atoms with Gasteiger partial charge in [-0.05, 0) is 25.1 Å². The van der Waals surface area contributed by atoms with E-state index in [2.05, 4.69) is 15.4 Å². The lowest BCUT2D eigenvalue weighted by Gasteiger charge is -2.10. The summed E-state index contributed by atoms with van der Waals surface area (Å²) in [4.78, 5) is 5.62. The average Bonchev–Trinajstić information content (AvgIpc) is 2.93. The molecule has 3 aromatic rings. The molecule has 0 amide bonds. The first-order valence-electron chi connectivity index (χ1n) is 6.99. The molecule has 0 radical (unpaired) electrons. The Hall–Kier alpha value is -1.80. The molecule has 23 heavy (non-hydrogen) atoms. The molecule has 2 heterocycles. The third-order valence-electron chi connectivity index (χ3n) is 3.42. The molecule has 1 atom stereocenters. The van der Waals surface area contributed by atoms with Crippen molar-refractivity contribution in [2.75, 3.05) is 12.4 Å². The van der Waals surface area contributed by atoms with E-state index in [4.69, 9.17) is 17.3 Å². The molecule has 0 saturated heterocycles. The number of hydrogen-bond donors (Lipinski definition) is 2. The first-order chi connectivity index (χ1) is 11.0. The Morgan fingerprint density at radius 3 is 2.83 bits per heavy atom. The molecule has 0 saturated carbocycles. The summed E-state index contributed by atoms with van der Waals surface area (Å²) in [6, 6.07) is 8.83. The van der Waals surface area contributed by atoms with E-state index < -0.39 is 11.2 Å². The van der Waals surface area contributed by atoms with E-state index in [0.29, 0.717) is 32.8 Å². The lowest BCUT2D eigenvalue weighted by Crippen LogP contribution is -2.08. The number of nitrogens with two attached hydrogens (primary N) is 1. The van der Waals surface area contributed by atoms with Gasteiger partial charge in [0, 0.05) is 41.6 Å². The predicted octanol–water partition coefficient (Wildman–Crippen LogP) is 2.36. The molecule has 1 aromatic carbocycles. The van der Waals surface area contributed by atoms with Crippen molar-refractivity contribution in [3.63, 3.8) is 0 Å². The van der Waals surface area contributed by atoms with Crippen LogP contribution in [0.15, 0.2) is 40.1 Å².